The second-order valence-electron chi connectivity index (χ2n) is 5.38. The Morgan fingerprint density at radius 1 is 1.43 bits per heavy atom. The molecule has 0 spiro atoms. The van der Waals surface area contributed by atoms with Crippen LogP contribution in [0, 0.1) is 0 Å². The third-order valence-corrected chi connectivity index (χ3v) is 3.38. The van der Waals surface area contributed by atoms with Crippen molar-refractivity contribution in [2.75, 3.05) is 13.1 Å². The maximum atomic E-state index is 12.0. The van der Waals surface area contributed by atoms with E-state index in [4.69, 9.17) is 9.63 Å². The van der Waals surface area contributed by atoms with E-state index >= 15 is 0 Å². The van der Waals surface area contributed by atoms with Crippen molar-refractivity contribution in [2.24, 2.45) is 0 Å². The number of carboxylic acids is 1. The second kappa shape index (κ2) is 7.19. The molecule has 2 rings (SSSR count). The summed E-state index contributed by atoms with van der Waals surface area (Å²) >= 11 is 0. The van der Waals surface area contributed by atoms with E-state index in [1.165, 1.54) is 4.90 Å². The zero-order chi connectivity index (χ0) is 15.2. The molecule has 0 aromatic carbocycles. The number of amides is 1. The van der Waals surface area contributed by atoms with E-state index in [-0.39, 0.29) is 12.5 Å². The van der Waals surface area contributed by atoms with Crippen molar-refractivity contribution >= 4 is 11.9 Å². The van der Waals surface area contributed by atoms with Crippen molar-refractivity contribution in [3.8, 4) is 0 Å². The summed E-state index contributed by atoms with van der Waals surface area (Å²) in [5, 5.41) is 12.7. The molecule has 7 heteroatoms. The van der Waals surface area contributed by atoms with Gasteiger partial charge in [0, 0.05) is 25.3 Å². The van der Waals surface area contributed by atoms with E-state index in [2.05, 4.69) is 10.1 Å². The van der Waals surface area contributed by atoms with E-state index in [0.29, 0.717) is 37.6 Å². The number of carboxylic acid groups (broad SMARTS) is 1. The van der Waals surface area contributed by atoms with Crippen molar-refractivity contribution < 1.29 is 19.2 Å². The molecule has 0 unspecified atom stereocenters. The molecule has 0 bridgehead atoms. The molecule has 7 nitrogen and oxygen atoms in total. The number of aliphatic carboxylic acids is 1. The molecule has 21 heavy (non-hydrogen) atoms. The fourth-order valence-corrected chi connectivity index (χ4v) is 2.15. The molecule has 1 aromatic rings. The molecule has 1 amide bonds. The van der Waals surface area contributed by atoms with Gasteiger partial charge in [0.05, 0.1) is 0 Å². The van der Waals surface area contributed by atoms with Crippen LogP contribution in [0.4, 0.5) is 0 Å². The fraction of sp³-hybridized carbons (Fsp3) is 0.714. The van der Waals surface area contributed by atoms with Crippen LogP contribution in [0.25, 0.3) is 0 Å². The predicted molar refractivity (Wildman–Crippen MR) is 73.7 cm³/mol. The highest BCUT2D eigenvalue weighted by Gasteiger charge is 2.28. The van der Waals surface area contributed by atoms with Crippen molar-refractivity contribution in [2.45, 2.75) is 51.4 Å². The lowest BCUT2D eigenvalue weighted by atomic mass is 10.2. The summed E-state index contributed by atoms with van der Waals surface area (Å²) < 4.78 is 5.14. The molecule has 1 fully saturated rings. The van der Waals surface area contributed by atoms with Gasteiger partial charge in [-0.25, -0.2) is 0 Å². The Labute approximate surface area is 123 Å². The second-order valence-corrected chi connectivity index (χ2v) is 5.38. The highest BCUT2D eigenvalue weighted by atomic mass is 16.5. The Morgan fingerprint density at radius 3 is 2.81 bits per heavy atom. The third-order valence-electron chi connectivity index (χ3n) is 3.38. The van der Waals surface area contributed by atoms with Gasteiger partial charge in [-0.3, -0.25) is 9.59 Å². The van der Waals surface area contributed by atoms with Gasteiger partial charge in [-0.1, -0.05) is 12.1 Å². The Bertz CT molecular complexity index is 496. The minimum atomic E-state index is -0.984. The number of carbonyl (C=O) groups is 2. The molecule has 0 aliphatic heterocycles. The molecule has 1 aromatic heterocycles. The first-order valence-corrected chi connectivity index (χ1v) is 7.42. The van der Waals surface area contributed by atoms with Crippen LogP contribution in [-0.4, -0.2) is 45.1 Å². The maximum Gasteiger partial charge on any atom is 0.323 e. The molecule has 1 heterocycles. The van der Waals surface area contributed by atoms with E-state index < -0.39 is 5.97 Å². The maximum absolute atomic E-state index is 12.0. The minimum Gasteiger partial charge on any atom is -0.480 e. The van der Waals surface area contributed by atoms with Gasteiger partial charge in [0.1, 0.15) is 6.54 Å². The van der Waals surface area contributed by atoms with Crippen molar-refractivity contribution in [1.29, 1.82) is 0 Å². The van der Waals surface area contributed by atoms with Crippen LogP contribution in [0.15, 0.2) is 4.52 Å². The summed E-state index contributed by atoms with van der Waals surface area (Å²) in [5.41, 5.74) is 0. The first kappa shape index (κ1) is 15.5. The Hall–Kier alpha value is -1.92. The van der Waals surface area contributed by atoms with Gasteiger partial charge in [-0.15, -0.1) is 0 Å². The van der Waals surface area contributed by atoms with Crippen LogP contribution in [0.5, 0.6) is 0 Å². The summed E-state index contributed by atoms with van der Waals surface area (Å²) in [5.74, 6) is 0.670. The fourth-order valence-electron chi connectivity index (χ4n) is 2.15. The number of hydrogen-bond donors (Lipinski definition) is 1. The number of carbonyl (C=O) groups excluding carboxylic acids is 1. The molecule has 1 saturated carbocycles. The van der Waals surface area contributed by atoms with Gasteiger partial charge in [0.25, 0.3) is 0 Å². The van der Waals surface area contributed by atoms with Crippen LogP contribution in [-0.2, 0) is 16.0 Å². The lowest BCUT2D eigenvalue weighted by Gasteiger charge is -2.19. The topological polar surface area (TPSA) is 96.5 Å². The highest BCUT2D eigenvalue weighted by Crippen LogP contribution is 2.38. The summed E-state index contributed by atoms with van der Waals surface area (Å²) in [6.07, 6.45) is 4.43. The average Bonchev–Trinajstić information content (AvgIpc) is 3.18. The van der Waals surface area contributed by atoms with Crippen LogP contribution in [0.3, 0.4) is 0 Å². The SMILES string of the molecule is CCCN(CC(=O)O)C(=O)CCCc1nc(C2CC2)no1. The van der Waals surface area contributed by atoms with Gasteiger partial charge in [-0.05, 0) is 25.7 Å². The number of aromatic nitrogens is 2. The minimum absolute atomic E-state index is 0.138. The van der Waals surface area contributed by atoms with Crippen molar-refractivity contribution in [3.05, 3.63) is 11.7 Å². The monoisotopic (exact) mass is 295 g/mol. The normalized spacial score (nSPS) is 14.1. The molecule has 0 saturated heterocycles. The van der Waals surface area contributed by atoms with Crippen LogP contribution in [0.1, 0.15) is 56.7 Å². The molecule has 0 atom stereocenters. The quantitative estimate of drug-likeness (QED) is 0.743. The smallest absolute Gasteiger partial charge is 0.323 e. The van der Waals surface area contributed by atoms with Gasteiger partial charge in [0.15, 0.2) is 5.82 Å². The highest BCUT2D eigenvalue weighted by molar-refractivity contribution is 5.81. The summed E-state index contributed by atoms with van der Waals surface area (Å²) in [6.45, 7) is 2.15. The van der Waals surface area contributed by atoms with Gasteiger partial charge in [0.2, 0.25) is 11.8 Å². The average molecular weight is 295 g/mol. The molecule has 0 radical (unpaired) electrons. The van der Waals surface area contributed by atoms with Crippen LogP contribution in [0.2, 0.25) is 0 Å². The Kier molecular flexibility index (Phi) is 5.30. The van der Waals surface area contributed by atoms with Crippen molar-refractivity contribution in [1.82, 2.24) is 15.0 Å². The van der Waals surface area contributed by atoms with E-state index in [9.17, 15) is 9.59 Å². The van der Waals surface area contributed by atoms with Gasteiger partial charge < -0.3 is 14.5 Å². The molecule has 1 aliphatic rings. The zero-order valence-corrected chi connectivity index (χ0v) is 12.2. The number of rotatable bonds is 9. The summed E-state index contributed by atoms with van der Waals surface area (Å²) in [6, 6.07) is 0. The summed E-state index contributed by atoms with van der Waals surface area (Å²) in [4.78, 5) is 28.4. The van der Waals surface area contributed by atoms with E-state index in [1.807, 2.05) is 6.92 Å². The molecule has 1 aliphatic carbocycles. The number of hydrogen-bond acceptors (Lipinski definition) is 5. The number of nitrogens with zero attached hydrogens (tertiary/aromatic N) is 3. The predicted octanol–water partition coefficient (Wildman–Crippen LogP) is 1.59. The first-order valence-electron chi connectivity index (χ1n) is 7.42. The van der Waals surface area contributed by atoms with Gasteiger partial charge >= 0.3 is 5.97 Å². The van der Waals surface area contributed by atoms with Crippen molar-refractivity contribution in [3.63, 3.8) is 0 Å². The molecule has 1 N–H and O–H groups in total. The molecular weight excluding hydrogens is 274 g/mol. The third kappa shape index (κ3) is 4.84. The largest absolute Gasteiger partial charge is 0.480 e. The van der Waals surface area contributed by atoms with E-state index in [0.717, 1.165) is 25.1 Å². The zero-order valence-electron chi connectivity index (χ0n) is 12.2. The van der Waals surface area contributed by atoms with Gasteiger partial charge in [-0.2, -0.15) is 4.98 Å². The first-order chi connectivity index (χ1) is 10.1. The lowest BCUT2D eigenvalue weighted by molar-refractivity contribution is -0.144. The van der Waals surface area contributed by atoms with Crippen LogP contribution >= 0.6 is 0 Å². The summed E-state index contributed by atoms with van der Waals surface area (Å²) in [7, 11) is 0. The Balaban J connectivity index is 1.74. The molecule has 116 valence electrons. The number of aryl methyl sites for hydroxylation is 1. The van der Waals surface area contributed by atoms with Crippen LogP contribution < -0.4 is 0 Å². The van der Waals surface area contributed by atoms with E-state index in [1.54, 1.807) is 0 Å². The lowest BCUT2D eigenvalue weighted by Crippen LogP contribution is -2.36. The standard InChI is InChI=1S/C14H21N3O4/c1-2-8-17(9-13(19)20)12(18)5-3-4-11-15-14(16-21-11)10-6-7-10/h10H,2-9H2,1H3,(H,19,20). The Morgan fingerprint density at radius 2 is 2.19 bits per heavy atom. The molecular formula is C14H21N3O4.